The lowest BCUT2D eigenvalue weighted by Gasteiger charge is -2.10. The Bertz CT molecular complexity index is 437. The van der Waals surface area contributed by atoms with E-state index >= 15 is 0 Å². The molecule has 0 fully saturated rings. The van der Waals surface area contributed by atoms with Gasteiger partial charge in [-0.3, -0.25) is 4.79 Å². The van der Waals surface area contributed by atoms with Gasteiger partial charge in [0.15, 0.2) is 5.78 Å². The summed E-state index contributed by atoms with van der Waals surface area (Å²) in [6.07, 6.45) is 0.487. The van der Waals surface area contributed by atoms with Gasteiger partial charge in [0.2, 0.25) is 0 Å². The molecular formula is C12H12ClNO2. The van der Waals surface area contributed by atoms with Crippen molar-refractivity contribution in [1.29, 1.82) is 5.26 Å². The quantitative estimate of drug-likeness (QED) is 0.756. The molecule has 0 aliphatic heterocycles. The van der Waals surface area contributed by atoms with Crippen LogP contribution >= 0.6 is 11.6 Å². The zero-order valence-corrected chi connectivity index (χ0v) is 9.91. The Morgan fingerprint density at radius 3 is 2.81 bits per heavy atom. The monoisotopic (exact) mass is 237 g/mol. The number of ether oxygens (including phenoxy) is 1. The summed E-state index contributed by atoms with van der Waals surface area (Å²) in [6.45, 7) is 1.80. The van der Waals surface area contributed by atoms with Crippen LogP contribution in [0.4, 0.5) is 0 Å². The van der Waals surface area contributed by atoms with Crippen molar-refractivity contribution in [3.63, 3.8) is 0 Å². The molecule has 3 nitrogen and oxygen atoms in total. The Balaban J connectivity index is 3.13. The number of benzene rings is 1. The van der Waals surface area contributed by atoms with Crippen LogP contribution in [0.25, 0.3) is 0 Å². The molecule has 0 aromatic heterocycles. The van der Waals surface area contributed by atoms with Gasteiger partial charge in [0.25, 0.3) is 0 Å². The number of ketones is 1. The molecule has 1 rings (SSSR count). The van der Waals surface area contributed by atoms with Crippen LogP contribution in [0.15, 0.2) is 18.2 Å². The Morgan fingerprint density at radius 2 is 2.31 bits per heavy atom. The molecule has 16 heavy (non-hydrogen) atoms. The van der Waals surface area contributed by atoms with Gasteiger partial charge in [-0.25, -0.2) is 0 Å². The van der Waals surface area contributed by atoms with Crippen LogP contribution in [0.3, 0.4) is 0 Å². The van der Waals surface area contributed by atoms with E-state index in [1.807, 2.05) is 6.07 Å². The number of carbonyl (C=O) groups is 1. The predicted molar refractivity (Wildman–Crippen MR) is 61.7 cm³/mol. The van der Waals surface area contributed by atoms with Gasteiger partial charge < -0.3 is 4.74 Å². The first-order valence-electron chi connectivity index (χ1n) is 4.91. The standard InChI is InChI=1S/C12H12ClNO2/c1-3-8(7-14)12(15)10-5-4-9(13)6-11(10)16-2/h4-6,8H,3H2,1-2H3. The first-order valence-corrected chi connectivity index (χ1v) is 5.29. The summed E-state index contributed by atoms with van der Waals surface area (Å²) in [5.41, 5.74) is 0.403. The third kappa shape index (κ3) is 2.53. The van der Waals surface area contributed by atoms with Crippen molar-refractivity contribution >= 4 is 17.4 Å². The smallest absolute Gasteiger partial charge is 0.183 e. The van der Waals surface area contributed by atoms with Gasteiger partial charge in [0.05, 0.1) is 18.7 Å². The molecule has 1 aromatic carbocycles. The highest BCUT2D eigenvalue weighted by Crippen LogP contribution is 2.26. The van der Waals surface area contributed by atoms with E-state index < -0.39 is 5.92 Å². The maximum Gasteiger partial charge on any atom is 0.183 e. The summed E-state index contributed by atoms with van der Waals surface area (Å²) in [5, 5.41) is 9.34. The van der Waals surface area contributed by atoms with Crippen LogP contribution in [0.5, 0.6) is 5.75 Å². The van der Waals surface area contributed by atoms with Crippen molar-refractivity contribution < 1.29 is 9.53 Å². The van der Waals surface area contributed by atoms with Gasteiger partial charge in [-0.2, -0.15) is 5.26 Å². The molecule has 0 spiro atoms. The van der Waals surface area contributed by atoms with Crippen LogP contribution in [0.2, 0.25) is 5.02 Å². The fourth-order valence-electron chi connectivity index (χ4n) is 1.39. The fraction of sp³-hybridized carbons (Fsp3) is 0.333. The van der Waals surface area contributed by atoms with E-state index in [1.165, 1.54) is 7.11 Å². The Kier molecular flexibility index (Phi) is 4.33. The van der Waals surface area contributed by atoms with E-state index in [-0.39, 0.29) is 5.78 Å². The number of halogens is 1. The summed E-state index contributed by atoms with van der Waals surface area (Å²) in [7, 11) is 1.47. The van der Waals surface area contributed by atoms with Crippen LogP contribution in [-0.4, -0.2) is 12.9 Å². The molecule has 0 aliphatic rings. The molecular weight excluding hydrogens is 226 g/mol. The van der Waals surface area contributed by atoms with Crippen molar-refractivity contribution in [2.45, 2.75) is 13.3 Å². The minimum absolute atomic E-state index is 0.224. The molecule has 4 heteroatoms. The van der Waals surface area contributed by atoms with Gasteiger partial charge in [-0.1, -0.05) is 18.5 Å². The van der Waals surface area contributed by atoms with Crippen LogP contribution in [-0.2, 0) is 0 Å². The summed E-state index contributed by atoms with van der Waals surface area (Å²) >= 11 is 5.79. The van der Waals surface area contributed by atoms with E-state index in [0.29, 0.717) is 22.8 Å². The Hall–Kier alpha value is -1.53. The number of hydrogen-bond acceptors (Lipinski definition) is 3. The highest BCUT2D eigenvalue weighted by molar-refractivity contribution is 6.30. The van der Waals surface area contributed by atoms with E-state index in [4.69, 9.17) is 21.6 Å². The Morgan fingerprint density at radius 1 is 1.62 bits per heavy atom. The van der Waals surface area contributed by atoms with Crippen LogP contribution in [0, 0.1) is 17.2 Å². The molecule has 0 aliphatic carbocycles. The molecule has 0 saturated carbocycles. The lowest BCUT2D eigenvalue weighted by Crippen LogP contribution is -2.13. The number of Topliss-reactive ketones (excluding diaryl/α,β-unsaturated/α-hetero) is 1. The number of nitriles is 1. The normalized spacial score (nSPS) is 11.6. The van der Waals surface area contributed by atoms with Gasteiger partial charge >= 0.3 is 0 Å². The molecule has 0 radical (unpaired) electrons. The first-order chi connectivity index (χ1) is 7.63. The van der Waals surface area contributed by atoms with E-state index in [1.54, 1.807) is 25.1 Å². The molecule has 1 unspecified atom stereocenters. The van der Waals surface area contributed by atoms with Crippen molar-refractivity contribution in [2.75, 3.05) is 7.11 Å². The molecule has 0 heterocycles. The van der Waals surface area contributed by atoms with Crippen molar-refractivity contribution in [3.8, 4) is 11.8 Å². The summed E-state index contributed by atoms with van der Waals surface area (Å²) in [4.78, 5) is 12.0. The molecule has 1 atom stereocenters. The minimum Gasteiger partial charge on any atom is -0.496 e. The number of hydrogen-bond donors (Lipinski definition) is 0. The highest BCUT2D eigenvalue weighted by Gasteiger charge is 2.21. The molecule has 0 N–H and O–H groups in total. The zero-order chi connectivity index (χ0) is 12.1. The number of nitrogens with zero attached hydrogens (tertiary/aromatic N) is 1. The second-order valence-electron chi connectivity index (χ2n) is 3.30. The van der Waals surface area contributed by atoms with E-state index in [9.17, 15) is 4.79 Å². The summed E-state index contributed by atoms with van der Waals surface area (Å²) in [6, 6.07) is 6.75. The largest absolute Gasteiger partial charge is 0.496 e. The van der Waals surface area contributed by atoms with Crippen molar-refractivity contribution in [3.05, 3.63) is 28.8 Å². The second-order valence-corrected chi connectivity index (χ2v) is 3.74. The van der Waals surface area contributed by atoms with Gasteiger partial charge in [-0.15, -0.1) is 0 Å². The second kappa shape index (κ2) is 5.53. The molecule has 0 saturated heterocycles. The third-order valence-electron chi connectivity index (χ3n) is 2.31. The summed E-state index contributed by atoms with van der Waals surface area (Å²) in [5.74, 6) is -0.445. The fourth-order valence-corrected chi connectivity index (χ4v) is 1.55. The molecule has 1 aromatic rings. The van der Waals surface area contributed by atoms with Crippen molar-refractivity contribution in [1.82, 2.24) is 0 Å². The highest BCUT2D eigenvalue weighted by atomic mass is 35.5. The SMILES string of the molecule is CCC(C#N)C(=O)c1ccc(Cl)cc1OC. The van der Waals surface area contributed by atoms with Crippen LogP contribution < -0.4 is 4.74 Å². The lowest BCUT2D eigenvalue weighted by atomic mass is 9.96. The minimum atomic E-state index is -0.630. The van der Waals surface area contributed by atoms with Gasteiger partial charge in [0.1, 0.15) is 11.7 Å². The van der Waals surface area contributed by atoms with E-state index in [2.05, 4.69) is 0 Å². The van der Waals surface area contributed by atoms with Gasteiger partial charge in [0, 0.05) is 5.02 Å². The van der Waals surface area contributed by atoms with E-state index in [0.717, 1.165) is 0 Å². The predicted octanol–water partition coefficient (Wildman–Crippen LogP) is 3.08. The zero-order valence-electron chi connectivity index (χ0n) is 9.16. The maximum absolute atomic E-state index is 12.0. The third-order valence-corrected chi connectivity index (χ3v) is 2.54. The number of carbonyl (C=O) groups excluding carboxylic acids is 1. The maximum atomic E-state index is 12.0. The summed E-state index contributed by atoms with van der Waals surface area (Å²) < 4.78 is 5.07. The average Bonchev–Trinajstić information content (AvgIpc) is 2.30. The molecule has 84 valence electrons. The lowest BCUT2D eigenvalue weighted by molar-refractivity contribution is 0.0943. The number of rotatable bonds is 4. The average molecular weight is 238 g/mol. The molecule has 0 bridgehead atoms. The van der Waals surface area contributed by atoms with Crippen molar-refractivity contribution in [2.24, 2.45) is 5.92 Å². The van der Waals surface area contributed by atoms with Crippen LogP contribution in [0.1, 0.15) is 23.7 Å². The molecule has 0 amide bonds. The first kappa shape index (κ1) is 12.5. The topological polar surface area (TPSA) is 50.1 Å². The Labute approximate surface area is 99.6 Å². The number of methoxy groups -OCH3 is 1. The van der Waals surface area contributed by atoms with Gasteiger partial charge in [-0.05, 0) is 24.6 Å².